The predicted molar refractivity (Wildman–Crippen MR) is 97.7 cm³/mol. The van der Waals surface area contributed by atoms with Crippen LogP contribution in [-0.4, -0.2) is 60.3 Å². The predicted octanol–water partition coefficient (Wildman–Crippen LogP) is 0.979. The number of likely N-dealkylation sites (tertiary alicyclic amines) is 1. The van der Waals surface area contributed by atoms with Gasteiger partial charge in [-0.25, -0.2) is 5.10 Å². The lowest BCUT2D eigenvalue weighted by Crippen LogP contribution is -2.44. The Kier molecular flexibility index (Phi) is 6.44. The molecule has 0 spiro atoms. The van der Waals surface area contributed by atoms with Gasteiger partial charge in [0.15, 0.2) is 0 Å². The first-order valence-corrected chi connectivity index (χ1v) is 9.52. The molecule has 1 aromatic rings. The van der Waals surface area contributed by atoms with Crippen molar-refractivity contribution in [3.8, 4) is 0 Å². The summed E-state index contributed by atoms with van der Waals surface area (Å²) in [5.41, 5.74) is 0.591. The number of amides is 1. The zero-order chi connectivity index (χ0) is 17.5. The number of hydrogen-bond acceptors (Lipinski definition) is 5. The standard InChI is InChI=1S/C18H29N5O2/c24-17-12-16(13-20-21-17)23-11-4-6-15(14-23)18(25)19-7-5-10-22-8-2-1-3-9-22/h12-13,15H,1-11,14H2,(H,19,25)(H,21,24)/t15-/m1/s1. The third-order valence-electron chi connectivity index (χ3n) is 5.21. The van der Waals surface area contributed by atoms with Crippen molar-refractivity contribution in [2.45, 2.75) is 38.5 Å². The van der Waals surface area contributed by atoms with Gasteiger partial charge in [-0.1, -0.05) is 6.42 Å². The van der Waals surface area contributed by atoms with Crippen molar-refractivity contribution < 1.29 is 4.79 Å². The molecule has 0 aliphatic carbocycles. The molecule has 2 aliphatic heterocycles. The van der Waals surface area contributed by atoms with E-state index in [1.54, 1.807) is 12.3 Å². The molecule has 3 rings (SSSR count). The lowest BCUT2D eigenvalue weighted by molar-refractivity contribution is -0.125. The Morgan fingerprint density at radius 1 is 1.24 bits per heavy atom. The highest BCUT2D eigenvalue weighted by Gasteiger charge is 2.26. The smallest absolute Gasteiger partial charge is 0.266 e. The second kappa shape index (κ2) is 8.99. The van der Waals surface area contributed by atoms with E-state index in [0.717, 1.165) is 44.6 Å². The molecule has 7 heteroatoms. The molecule has 0 bridgehead atoms. The van der Waals surface area contributed by atoms with E-state index in [2.05, 4.69) is 25.3 Å². The van der Waals surface area contributed by atoms with Gasteiger partial charge in [-0.2, -0.15) is 5.10 Å². The van der Waals surface area contributed by atoms with Crippen LogP contribution in [0, 0.1) is 5.92 Å². The summed E-state index contributed by atoms with van der Waals surface area (Å²) >= 11 is 0. The van der Waals surface area contributed by atoms with Crippen LogP contribution in [-0.2, 0) is 4.79 Å². The van der Waals surface area contributed by atoms with E-state index in [1.807, 2.05) is 0 Å². The number of nitrogens with one attached hydrogen (secondary N) is 2. The summed E-state index contributed by atoms with van der Waals surface area (Å²) in [6.45, 7) is 5.76. The van der Waals surface area contributed by atoms with Crippen LogP contribution < -0.4 is 15.8 Å². The highest BCUT2D eigenvalue weighted by Crippen LogP contribution is 2.21. The normalized spacial score (nSPS) is 21.9. The second-order valence-electron chi connectivity index (χ2n) is 7.14. The van der Waals surface area contributed by atoms with Gasteiger partial charge >= 0.3 is 0 Å². The lowest BCUT2D eigenvalue weighted by Gasteiger charge is -2.33. The van der Waals surface area contributed by atoms with Crippen molar-refractivity contribution in [2.75, 3.05) is 44.2 Å². The van der Waals surface area contributed by atoms with Crippen LogP contribution in [0.5, 0.6) is 0 Å². The molecule has 2 N–H and O–H groups in total. The number of carbonyl (C=O) groups excluding carboxylic acids is 1. The third kappa shape index (κ3) is 5.29. The molecule has 25 heavy (non-hydrogen) atoms. The Morgan fingerprint density at radius 3 is 2.88 bits per heavy atom. The van der Waals surface area contributed by atoms with E-state index in [4.69, 9.17) is 0 Å². The van der Waals surface area contributed by atoms with Crippen molar-refractivity contribution >= 4 is 11.6 Å². The van der Waals surface area contributed by atoms with Crippen LogP contribution in [0.1, 0.15) is 38.5 Å². The second-order valence-corrected chi connectivity index (χ2v) is 7.14. The fourth-order valence-electron chi connectivity index (χ4n) is 3.81. The number of aromatic nitrogens is 2. The summed E-state index contributed by atoms with van der Waals surface area (Å²) in [5.74, 6) is 0.129. The molecule has 1 amide bonds. The molecule has 1 atom stereocenters. The van der Waals surface area contributed by atoms with Crippen molar-refractivity contribution in [2.24, 2.45) is 5.92 Å². The third-order valence-corrected chi connectivity index (χ3v) is 5.21. The van der Waals surface area contributed by atoms with Gasteiger partial charge in [0.1, 0.15) is 0 Å². The van der Waals surface area contributed by atoms with Gasteiger partial charge in [0, 0.05) is 25.7 Å². The van der Waals surface area contributed by atoms with Crippen LogP contribution in [0.2, 0.25) is 0 Å². The number of aromatic amines is 1. The highest BCUT2D eigenvalue weighted by molar-refractivity contribution is 5.79. The van der Waals surface area contributed by atoms with Crippen LogP contribution in [0.4, 0.5) is 5.69 Å². The molecule has 0 radical (unpaired) electrons. The minimum absolute atomic E-state index is 0.0111. The maximum absolute atomic E-state index is 12.5. The van der Waals surface area contributed by atoms with Crippen LogP contribution in [0.15, 0.2) is 17.1 Å². The first-order valence-electron chi connectivity index (χ1n) is 9.52. The van der Waals surface area contributed by atoms with Gasteiger partial charge in [-0.3, -0.25) is 9.59 Å². The van der Waals surface area contributed by atoms with Crippen LogP contribution in [0.3, 0.4) is 0 Å². The van der Waals surface area contributed by atoms with E-state index in [0.29, 0.717) is 6.54 Å². The summed E-state index contributed by atoms with van der Waals surface area (Å²) in [5, 5.41) is 9.34. The summed E-state index contributed by atoms with van der Waals surface area (Å²) in [6.07, 6.45) is 8.50. The van der Waals surface area contributed by atoms with E-state index >= 15 is 0 Å². The molecule has 0 saturated carbocycles. The highest BCUT2D eigenvalue weighted by atomic mass is 16.2. The number of hydrogen-bond donors (Lipinski definition) is 2. The SMILES string of the molecule is O=C(NCCCN1CCCCC1)[C@@H]1CCCN(c2cn[nH]c(=O)c2)C1. The Bertz CT molecular complexity index is 611. The molecule has 2 aliphatic rings. The van der Waals surface area contributed by atoms with Gasteiger partial charge in [-0.15, -0.1) is 0 Å². The average Bonchev–Trinajstić information content (AvgIpc) is 2.66. The number of rotatable bonds is 6. The van der Waals surface area contributed by atoms with Gasteiger partial charge in [0.25, 0.3) is 5.56 Å². The van der Waals surface area contributed by atoms with Gasteiger partial charge < -0.3 is 15.1 Å². The molecule has 7 nitrogen and oxygen atoms in total. The number of piperidine rings is 2. The Labute approximate surface area is 148 Å². The Balaban J connectivity index is 1.41. The summed E-state index contributed by atoms with van der Waals surface area (Å²) < 4.78 is 0. The zero-order valence-electron chi connectivity index (χ0n) is 14.9. The van der Waals surface area contributed by atoms with Gasteiger partial charge in [-0.05, 0) is 51.7 Å². The van der Waals surface area contributed by atoms with Crippen molar-refractivity contribution in [1.82, 2.24) is 20.4 Å². The number of anilines is 1. The topological polar surface area (TPSA) is 81.3 Å². The first kappa shape index (κ1) is 17.9. The van der Waals surface area contributed by atoms with E-state index in [1.165, 1.54) is 32.4 Å². The quantitative estimate of drug-likeness (QED) is 0.750. The van der Waals surface area contributed by atoms with Gasteiger partial charge in [0.05, 0.1) is 17.8 Å². The van der Waals surface area contributed by atoms with Crippen molar-refractivity contribution in [1.29, 1.82) is 0 Å². The molecule has 0 unspecified atom stereocenters. The minimum Gasteiger partial charge on any atom is -0.369 e. The van der Waals surface area contributed by atoms with E-state index in [-0.39, 0.29) is 17.4 Å². The molecule has 2 fully saturated rings. The number of nitrogens with zero attached hydrogens (tertiary/aromatic N) is 3. The summed E-state index contributed by atoms with van der Waals surface area (Å²) in [6, 6.07) is 1.55. The lowest BCUT2D eigenvalue weighted by atomic mass is 9.97. The average molecular weight is 347 g/mol. The number of H-pyrrole nitrogens is 1. The molecule has 0 aromatic carbocycles. The van der Waals surface area contributed by atoms with Crippen molar-refractivity contribution in [3.05, 3.63) is 22.6 Å². The maximum Gasteiger partial charge on any atom is 0.266 e. The maximum atomic E-state index is 12.5. The molecule has 138 valence electrons. The molecular formula is C18H29N5O2. The zero-order valence-corrected chi connectivity index (χ0v) is 14.9. The number of carbonyl (C=O) groups is 1. The van der Waals surface area contributed by atoms with E-state index < -0.39 is 0 Å². The molecule has 1 aromatic heterocycles. The van der Waals surface area contributed by atoms with Crippen molar-refractivity contribution in [3.63, 3.8) is 0 Å². The fourth-order valence-corrected chi connectivity index (χ4v) is 3.81. The van der Waals surface area contributed by atoms with E-state index in [9.17, 15) is 9.59 Å². The summed E-state index contributed by atoms with van der Waals surface area (Å²) in [7, 11) is 0. The monoisotopic (exact) mass is 347 g/mol. The fraction of sp³-hybridized carbons (Fsp3) is 0.722. The first-order chi connectivity index (χ1) is 12.2. The van der Waals surface area contributed by atoms with Crippen LogP contribution in [0.25, 0.3) is 0 Å². The Hall–Kier alpha value is -1.89. The Morgan fingerprint density at radius 2 is 2.08 bits per heavy atom. The largest absolute Gasteiger partial charge is 0.369 e. The summed E-state index contributed by atoms with van der Waals surface area (Å²) in [4.78, 5) is 28.5. The molecular weight excluding hydrogens is 318 g/mol. The molecule has 3 heterocycles. The van der Waals surface area contributed by atoms with Gasteiger partial charge in [0.2, 0.25) is 5.91 Å². The minimum atomic E-state index is -0.207. The molecule has 2 saturated heterocycles. The van der Waals surface area contributed by atoms with Crippen LogP contribution >= 0.6 is 0 Å².